The molecule has 0 aliphatic carbocycles. The van der Waals surface area contributed by atoms with Gasteiger partial charge in [0.1, 0.15) is 0 Å². The monoisotopic (exact) mass is 473 g/mol. The smallest absolute Gasteiger partial charge is 0.357 e. The van der Waals surface area contributed by atoms with Crippen LogP contribution in [0, 0.1) is 0 Å². The molecule has 0 saturated carbocycles. The third-order valence-corrected chi connectivity index (χ3v) is 5.40. The number of benzene rings is 2. The molecule has 6 nitrogen and oxygen atoms in total. The molecule has 1 atom stereocenters. The van der Waals surface area contributed by atoms with Gasteiger partial charge in [0.15, 0.2) is 17.5 Å². The lowest BCUT2D eigenvalue weighted by Crippen LogP contribution is -2.31. The van der Waals surface area contributed by atoms with Crippen molar-refractivity contribution in [1.82, 2.24) is 14.9 Å². The molecule has 0 saturated heterocycles. The van der Waals surface area contributed by atoms with Gasteiger partial charge in [-0.05, 0) is 43.0 Å². The second kappa shape index (κ2) is 9.76. The topological polar surface area (TPSA) is 73.2 Å². The van der Waals surface area contributed by atoms with E-state index in [-0.39, 0.29) is 24.2 Å². The summed E-state index contributed by atoms with van der Waals surface area (Å²) >= 11 is 4.81. The number of thioether (sulfide) groups is 1. The highest BCUT2D eigenvalue weighted by molar-refractivity contribution is 9.10. The molecule has 0 aliphatic rings. The maximum absolute atomic E-state index is 12.6. The summed E-state index contributed by atoms with van der Waals surface area (Å²) in [6.45, 7) is 1.51. The molecule has 1 aromatic heterocycles. The van der Waals surface area contributed by atoms with E-state index in [9.17, 15) is 9.59 Å². The lowest BCUT2D eigenvalue weighted by molar-refractivity contribution is -0.124. The number of ether oxygens (including phenoxy) is 1. The van der Waals surface area contributed by atoms with Gasteiger partial charge in [0.25, 0.3) is 5.91 Å². The maximum Gasteiger partial charge on any atom is 0.357 e. The summed E-state index contributed by atoms with van der Waals surface area (Å²) in [5, 5.41) is 3.49. The van der Waals surface area contributed by atoms with Crippen LogP contribution in [-0.2, 0) is 9.53 Å². The van der Waals surface area contributed by atoms with Crippen LogP contribution in [0.15, 0.2) is 70.4 Å². The van der Waals surface area contributed by atoms with E-state index in [4.69, 9.17) is 4.74 Å². The van der Waals surface area contributed by atoms with Crippen molar-refractivity contribution in [2.24, 2.45) is 0 Å². The van der Waals surface area contributed by atoms with Crippen molar-refractivity contribution in [3.63, 3.8) is 0 Å². The van der Waals surface area contributed by atoms with Crippen LogP contribution < -0.4 is 5.32 Å². The highest BCUT2D eigenvalue weighted by Gasteiger charge is 2.20. The van der Waals surface area contributed by atoms with Gasteiger partial charge in [0.2, 0.25) is 0 Å². The first kappa shape index (κ1) is 21.1. The molecule has 0 radical (unpaired) electrons. The quantitative estimate of drug-likeness (QED) is 0.406. The van der Waals surface area contributed by atoms with E-state index in [1.165, 1.54) is 18.0 Å². The molecule has 0 aliphatic heterocycles. The van der Waals surface area contributed by atoms with Crippen molar-refractivity contribution in [1.29, 1.82) is 0 Å². The molecule has 150 valence electrons. The Morgan fingerprint density at radius 3 is 2.52 bits per heavy atom. The number of amides is 1. The van der Waals surface area contributed by atoms with Gasteiger partial charge in [-0.3, -0.25) is 9.36 Å². The molecule has 1 unspecified atom stereocenters. The lowest BCUT2D eigenvalue weighted by Gasteiger charge is -2.15. The summed E-state index contributed by atoms with van der Waals surface area (Å²) in [5.41, 5.74) is 2.03. The van der Waals surface area contributed by atoms with Gasteiger partial charge in [-0.1, -0.05) is 58.0 Å². The number of imidazole rings is 1. The number of aromatic nitrogens is 2. The van der Waals surface area contributed by atoms with Gasteiger partial charge < -0.3 is 10.1 Å². The molecule has 29 heavy (non-hydrogen) atoms. The number of carbonyl (C=O) groups excluding carboxylic acids is 2. The summed E-state index contributed by atoms with van der Waals surface area (Å²) in [7, 11) is 0. The molecule has 1 heterocycles. The zero-order chi connectivity index (χ0) is 20.8. The highest BCUT2D eigenvalue weighted by atomic mass is 79.9. The van der Waals surface area contributed by atoms with Crippen molar-refractivity contribution >= 4 is 39.6 Å². The highest BCUT2D eigenvalue weighted by Crippen LogP contribution is 2.22. The Morgan fingerprint density at radius 1 is 1.17 bits per heavy atom. The number of rotatable bonds is 7. The Hall–Kier alpha value is -2.58. The number of hydrogen-bond acceptors (Lipinski definition) is 5. The van der Waals surface area contributed by atoms with Gasteiger partial charge in [0.05, 0.1) is 12.2 Å². The van der Waals surface area contributed by atoms with E-state index >= 15 is 0 Å². The van der Waals surface area contributed by atoms with Crippen LogP contribution in [-0.4, -0.2) is 34.3 Å². The van der Waals surface area contributed by atoms with E-state index in [0.29, 0.717) is 5.16 Å². The number of carbonyl (C=O) groups is 2. The molecular formula is C21H20BrN3O3S. The average molecular weight is 474 g/mol. The van der Waals surface area contributed by atoms with E-state index < -0.39 is 5.97 Å². The Balaban J connectivity index is 1.64. The Kier molecular flexibility index (Phi) is 7.11. The Labute approximate surface area is 181 Å². The number of halogens is 1. The first-order chi connectivity index (χ1) is 14.0. The van der Waals surface area contributed by atoms with Gasteiger partial charge in [-0.25, -0.2) is 9.78 Å². The van der Waals surface area contributed by atoms with Gasteiger partial charge >= 0.3 is 5.97 Å². The summed E-state index contributed by atoms with van der Waals surface area (Å²) in [6.07, 6.45) is 3.34. The van der Waals surface area contributed by atoms with Crippen LogP contribution in [0.3, 0.4) is 0 Å². The SMILES string of the molecule is CSc1ncc(C(=O)OCC(=O)NC(C)c2ccc(Br)cc2)n1-c1ccccc1. The molecule has 2 aromatic carbocycles. The van der Waals surface area contributed by atoms with Gasteiger partial charge in [-0.15, -0.1) is 0 Å². The Morgan fingerprint density at radius 2 is 1.86 bits per heavy atom. The van der Waals surface area contributed by atoms with E-state index in [0.717, 1.165) is 15.7 Å². The molecule has 1 N–H and O–H groups in total. The molecule has 0 spiro atoms. The minimum absolute atomic E-state index is 0.202. The maximum atomic E-state index is 12.6. The molecule has 3 rings (SSSR count). The molecular weight excluding hydrogens is 454 g/mol. The molecule has 1 amide bonds. The summed E-state index contributed by atoms with van der Waals surface area (Å²) < 4.78 is 7.92. The second-order valence-electron chi connectivity index (χ2n) is 6.22. The van der Waals surface area contributed by atoms with Crippen molar-refractivity contribution in [3.8, 4) is 5.69 Å². The van der Waals surface area contributed by atoms with Gasteiger partial charge in [-0.2, -0.15) is 0 Å². The first-order valence-corrected chi connectivity index (χ1v) is 10.9. The third kappa shape index (κ3) is 5.27. The Bertz CT molecular complexity index is 990. The second-order valence-corrected chi connectivity index (χ2v) is 7.91. The standard InChI is InChI=1S/C21H20BrN3O3S/c1-14(15-8-10-16(22)11-9-15)24-19(26)13-28-20(27)18-12-23-21(29-2)25(18)17-6-4-3-5-7-17/h3-12,14H,13H2,1-2H3,(H,24,26). The predicted octanol–water partition coefficient (Wildman–Crippen LogP) is 4.39. The van der Waals surface area contributed by atoms with E-state index in [1.807, 2.05) is 67.8 Å². The van der Waals surface area contributed by atoms with Crippen LogP contribution in [0.5, 0.6) is 0 Å². The van der Waals surface area contributed by atoms with E-state index in [1.54, 1.807) is 4.57 Å². The van der Waals surface area contributed by atoms with Crippen molar-refractivity contribution in [3.05, 3.63) is 76.5 Å². The molecule has 0 bridgehead atoms. The zero-order valence-corrected chi connectivity index (χ0v) is 18.4. The van der Waals surface area contributed by atoms with Crippen LogP contribution >= 0.6 is 27.7 Å². The van der Waals surface area contributed by atoms with Crippen LogP contribution in [0.25, 0.3) is 5.69 Å². The molecule has 0 fully saturated rings. The van der Waals surface area contributed by atoms with Crippen molar-refractivity contribution in [2.45, 2.75) is 18.1 Å². The fourth-order valence-corrected chi connectivity index (χ4v) is 3.58. The number of nitrogens with zero attached hydrogens (tertiary/aromatic N) is 2. The van der Waals surface area contributed by atoms with E-state index in [2.05, 4.69) is 26.2 Å². The molecule has 8 heteroatoms. The number of esters is 1. The van der Waals surface area contributed by atoms with Crippen molar-refractivity contribution in [2.75, 3.05) is 12.9 Å². The normalized spacial score (nSPS) is 11.7. The number of para-hydroxylation sites is 1. The third-order valence-electron chi connectivity index (χ3n) is 4.22. The minimum atomic E-state index is -0.604. The number of nitrogens with one attached hydrogen (secondary N) is 1. The fraction of sp³-hybridized carbons (Fsp3) is 0.190. The average Bonchev–Trinajstić information content (AvgIpc) is 3.17. The van der Waals surface area contributed by atoms with Crippen molar-refractivity contribution < 1.29 is 14.3 Å². The largest absolute Gasteiger partial charge is 0.451 e. The molecule has 3 aromatic rings. The summed E-state index contributed by atoms with van der Waals surface area (Å²) in [5.74, 6) is -0.974. The minimum Gasteiger partial charge on any atom is -0.451 e. The lowest BCUT2D eigenvalue weighted by atomic mass is 10.1. The number of hydrogen-bond donors (Lipinski definition) is 1. The predicted molar refractivity (Wildman–Crippen MR) is 116 cm³/mol. The first-order valence-electron chi connectivity index (χ1n) is 8.88. The zero-order valence-electron chi connectivity index (χ0n) is 16.0. The summed E-state index contributed by atoms with van der Waals surface area (Å²) in [6, 6.07) is 16.9. The van der Waals surface area contributed by atoms with Crippen LogP contribution in [0.4, 0.5) is 0 Å². The summed E-state index contributed by atoms with van der Waals surface area (Å²) in [4.78, 5) is 29.1. The van der Waals surface area contributed by atoms with Crippen LogP contribution in [0.1, 0.15) is 29.0 Å². The van der Waals surface area contributed by atoms with Crippen LogP contribution in [0.2, 0.25) is 0 Å². The van der Waals surface area contributed by atoms with Gasteiger partial charge in [0, 0.05) is 10.2 Å². The fourth-order valence-electron chi connectivity index (χ4n) is 2.77.